The van der Waals surface area contributed by atoms with Gasteiger partial charge in [-0.2, -0.15) is 5.10 Å². The van der Waals surface area contributed by atoms with E-state index in [9.17, 15) is 5.11 Å². The normalized spacial score (nSPS) is 12.7. The molecule has 2 aromatic rings. The molecule has 1 aromatic heterocycles. The Morgan fingerprint density at radius 3 is 2.63 bits per heavy atom. The van der Waals surface area contributed by atoms with E-state index in [0.717, 1.165) is 21.4 Å². The summed E-state index contributed by atoms with van der Waals surface area (Å²) in [6, 6.07) is 5.36. The van der Waals surface area contributed by atoms with Crippen molar-refractivity contribution in [1.29, 1.82) is 0 Å². The van der Waals surface area contributed by atoms with Gasteiger partial charge in [-0.05, 0) is 40.5 Å². The van der Waals surface area contributed by atoms with E-state index in [2.05, 4.69) is 21.0 Å². The maximum Gasteiger partial charge on any atom is 0.0848 e. The third-order valence-corrected chi connectivity index (χ3v) is 4.68. The lowest BCUT2D eigenvalue weighted by Crippen LogP contribution is -2.07. The lowest BCUT2D eigenvalue weighted by atomic mass is 10.0. The number of hydrogen-bond donors (Lipinski definition) is 1. The van der Waals surface area contributed by atoms with E-state index in [-0.39, 0.29) is 0 Å². The van der Waals surface area contributed by atoms with Gasteiger partial charge in [-0.3, -0.25) is 4.68 Å². The fourth-order valence-electron chi connectivity index (χ4n) is 1.92. The van der Waals surface area contributed by atoms with Crippen molar-refractivity contribution in [2.75, 3.05) is 0 Å². The Morgan fingerprint density at radius 2 is 2.11 bits per heavy atom. The van der Waals surface area contributed by atoms with E-state index in [1.165, 1.54) is 0 Å². The Morgan fingerprint density at radius 1 is 1.42 bits per heavy atom. The first kappa shape index (κ1) is 14.9. The number of aliphatic hydroxyl groups is 1. The molecule has 3 nitrogen and oxygen atoms in total. The van der Waals surface area contributed by atoms with Gasteiger partial charge in [0, 0.05) is 17.9 Å². The summed E-state index contributed by atoms with van der Waals surface area (Å²) in [6.07, 6.45) is -0.245. The summed E-state index contributed by atoms with van der Waals surface area (Å²) in [6.45, 7) is 1.84. The lowest BCUT2D eigenvalue weighted by Gasteiger charge is -2.12. The van der Waals surface area contributed by atoms with Crippen molar-refractivity contribution in [2.24, 2.45) is 7.05 Å². The number of rotatable bonds is 3. The molecule has 0 aliphatic rings. The Bertz CT molecular complexity index is 613. The second kappa shape index (κ2) is 5.83. The SMILES string of the molecule is Cc1nn(C)c(CC(O)c2ccc(Cl)c(Br)c2)c1Cl. The summed E-state index contributed by atoms with van der Waals surface area (Å²) in [5, 5.41) is 15.7. The highest BCUT2D eigenvalue weighted by molar-refractivity contribution is 9.10. The number of halogens is 3. The van der Waals surface area contributed by atoms with Gasteiger partial charge in [0.15, 0.2) is 0 Å². The molecule has 2 rings (SSSR count). The van der Waals surface area contributed by atoms with Crippen LogP contribution in [0.2, 0.25) is 10.0 Å². The van der Waals surface area contributed by atoms with E-state index in [0.29, 0.717) is 16.5 Å². The molecule has 1 N–H and O–H groups in total. The van der Waals surface area contributed by atoms with Gasteiger partial charge in [-0.1, -0.05) is 29.3 Å². The number of aromatic nitrogens is 2. The Kier molecular flexibility index (Phi) is 4.56. The van der Waals surface area contributed by atoms with Crippen molar-refractivity contribution >= 4 is 39.1 Å². The van der Waals surface area contributed by atoms with Gasteiger partial charge >= 0.3 is 0 Å². The summed E-state index contributed by atoms with van der Waals surface area (Å²) in [4.78, 5) is 0. The molecular weight excluding hydrogens is 351 g/mol. The van der Waals surface area contributed by atoms with Crippen LogP contribution < -0.4 is 0 Å². The molecule has 1 aromatic carbocycles. The van der Waals surface area contributed by atoms with Crippen molar-refractivity contribution < 1.29 is 5.11 Å². The monoisotopic (exact) mass is 362 g/mol. The molecule has 0 bridgehead atoms. The van der Waals surface area contributed by atoms with Gasteiger partial charge in [0.25, 0.3) is 0 Å². The molecule has 19 heavy (non-hydrogen) atoms. The van der Waals surface area contributed by atoms with Crippen molar-refractivity contribution in [2.45, 2.75) is 19.4 Å². The largest absolute Gasteiger partial charge is 0.388 e. The molecule has 1 atom stereocenters. The van der Waals surface area contributed by atoms with E-state index >= 15 is 0 Å². The maximum atomic E-state index is 10.3. The summed E-state index contributed by atoms with van der Waals surface area (Å²) < 4.78 is 2.46. The van der Waals surface area contributed by atoms with Crippen molar-refractivity contribution in [3.63, 3.8) is 0 Å². The molecule has 1 heterocycles. The average Bonchev–Trinajstić information content (AvgIpc) is 2.59. The second-order valence-corrected chi connectivity index (χ2v) is 6.00. The average molecular weight is 364 g/mol. The van der Waals surface area contributed by atoms with Crippen LogP contribution >= 0.6 is 39.1 Å². The highest BCUT2D eigenvalue weighted by Gasteiger charge is 2.17. The van der Waals surface area contributed by atoms with Gasteiger partial charge in [0.1, 0.15) is 0 Å². The summed E-state index contributed by atoms with van der Waals surface area (Å²) in [5.41, 5.74) is 2.37. The van der Waals surface area contributed by atoms with Gasteiger partial charge in [-0.25, -0.2) is 0 Å². The maximum absolute atomic E-state index is 10.3. The first-order chi connectivity index (χ1) is 8.90. The van der Waals surface area contributed by atoms with Gasteiger partial charge in [0.05, 0.1) is 27.5 Å². The summed E-state index contributed by atoms with van der Waals surface area (Å²) in [7, 11) is 1.82. The minimum absolute atomic E-state index is 0.407. The molecule has 0 fully saturated rings. The molecule has 0 amide bonds. The fraction of sp³-hybridized carbons (Fsp3) is 0.308. The molecule has 0 spiro atoms. The van der Waals surface area contributed by atoms with Crippen LogP contribution in [0.15, 0.2) is 22.7 Å². The molecule has 1 unspecified atom stereocenters. The molecular formula is C13H13BrCl2N2O. The molecule has 0 aliphatic heterocycles. The van der Waals surface area contributed by atoms with Crippen LogP contribution in [0.25, 0.3) is 0 Å². The van der Waals surface area contributed by atoms with Crippen LogP contribution in [-0.4, -0.2) is 14.9 Å². The van der Waals surface area contributed by atoms with Crippen LogP contribution in [0.5, 0.6) is 0 Å². The second-order valence-electron chi connectivity index (χ2n) is 4.36. The zero-order valence-corrected chi connectivity index (χ0v) is 13.6. The molecule has 102 valence electrons. The third kappa shape index (κ3) is 3.14. The Balaban J connectivity index is 2.25. The highest BCUT2D eigenvalue weighted by Crippen LogP contribution is 2.29. The zero-order valence-electron chi connectivity index (χ0n) is 10.5. The molecule has 0 radical (unpaired) electrons. The first-order valence-corrected chi connectivity index (χ1v) is 7.26. The summed E-state index contributed by atoms with van der Waals surface area (Å²) >= 11 is 15.5. The number of aryl methyl sites for hydroxylation is 2. The predicted molar refractivity (Wildman–Crippen MR) is 80.8 cm³/mol. The van der Waals surface area contributed by atoms with Crippen molar-refractivity contribution in [3.8, 4) is 0 Å². The topological polar surface area (TPSA) is 38.0 Å². The number of benzene rings is 1. The lowest BCUT2D eigenvalue weighted by molar-refractivity contribution is 0.176. The molecule has 6 heteroatoms. The number of nitrogens with zero attached hydrogens (tertiary/aromatic N) is 2. The zero-order chi connectivity index (χ0) is 14.2. The van der Waals surface area contributed by atoms with Crippen LogP contribution in [0.4, 0.5) is 0 Å². The van der Waals surface area contributed by atoms with Crippen LogP contribution in [-0.2, 0) is 13.5 Å². The Hall–Kier alpha value is -0.550. The van der Waals surface area contributed by atoms with E-state index in [1.807, 2.05) is 20.0 Å². The van der Waals surface area contributed by atoms with Gasteiger partial charge in [0.2, 0.25) is 0 Å². The smallest absolute Gasteiger partial charge is 0.0848 e. The number of hydrogen-bond acceptors (Lipinski definition) is 2. The molecule has 0 saturated heterocycles. The Labute approximate surface area is 130 Å². The van der Waals surface area contributed by atoms with Crippen LogP contribution in [0.3, 0.4) is 0 Å². The predicted octanol–water partition coefficient (Wildman–Crippen LogP) is 4.07. The molecule has 0 saturated carbocycles. The van der Waals surface area contributed by atoms with Crippen molar-refractivity contribution in [1.82, 2.24) is 9.78 Å². The highest BCUT2D eigenvalue weighted by atomic mass is 79.9. The van der Waals surface area contributed by atoms with Crippen LogP contribution in [0.1, 0.15) is 23.1 Å². The molecule has 0 aliphatic carbocycles. The minimum atomic E-state index is -0.652. The quantitative estimate of drug-likeness (QED) is 0.892. The third-order valence-electron chi connectivity index (χ3n) is 2.98. The van der Waals surface area contributed by atoms with Crippen LogP contribution in [0, 0.1) is 6.92 Å². The standard InChI is InChI=1S/C13H13BrCl2N2O/c1-7-13(16)11(18(2)17-7)6-12(19)8-3-4-10(15)9(14)5-8/h3-5,12,19H,6H2,1-2H3. The summed E-state index contributed by atoms with van der Waals surface area (Å²) in [5.74, 6) is 0. The van der Waals surface area contributed by atoms with Crippen molar-refractivity contribution in [3.05, 3.63) is 49.7 Å². The van der Waals surface area contributed by atoms with E-state index in [4.69, 9.17) is 23.2 Å². The van der Waals surface area contributed by atoms with Gasteiger partial charge < -0.3 is 5.11 Å². The van der Waals surface area contributed by atoms with Gasteiger partial charge in [-0.15, -0.1) is 0 Å². The first-order valence-electron chi connectivity index (χ1n) is 5.71. The number of aliphatic hydroxyl groups excluding tert-OH is 1. The fourth-order valence-corrected chi connectivity index (χ4v) is 2.67. The van der Waals surface area contributed by atoms with E-state index in [1.54, 1.807) is 16.8 Å². The minimum Gasteiger partial charge on any atom is -0.388 e. The van der Waals surface area contributed by atoms with E-state index < -0.39 is 6.10 Å².